The van der Waals surface area contributed by atoms with E-state index in [2.05, 4.69) is 9.72 Å². The lowest BCUT2D eigenvalue weighted by Crippen LogP contribution is -2.13. The number of esters is 1. The van der Waals surface area contributed by atoms with Crippen LogP contribution in [0.3, 0.4) is 0 Å². The van der Waals surface area contributed by atoms with Crippen molar-refractivity contribution in [3.63, 3.8) is 0 Å². The van der Waals surface area contributed by atoms with Gasteiger partial charge in [0.2, 0.25) is 5.69 Å². The zero-order valence-electron chi connectivity index (χ0n) is 9.02. The van der Waals surface area contributed by atoms with Crippen LogP contribution in [0.25, 0.3) is 0 Å². The monoisotopic (exact) mass is 372 g/mol. The number of aromatic nitrogens is 1. The number of pyridine rings is 1. The molecule has 0 saturated heterocycles. The summed E-state index contributed by atoms with van der Waals surface area (Å²) in [6.07, 6.45) is -3.10. The molecule has 0 amide bonds. The highest BCUT2D eigenvalue weighted by Crippen LogP contribution is 2.28. The Morgan fingerprint density at radius 3 is 2.72 bits per heavy atom. The maximum absolute atomic E-state index is 12.8. The van der Waals surface area contributed by atoms with E-state index in [4.69, 9.17) is 0 Å². The van der Waals surface area contributed by atoms with Gasteiger partial charge < -0.3 is 14.9 Å². The van der Waals surface area contributed by atoms with E-state index in [1.165, 1.54) is 6.92 Å². The molecular weight excluding hydrogens is 365 g/mol. The molecular formula is C9H7F2IN2O4. The summed E-state index contributed by atoms with van der Waals surface area (Å²) in [6.45, 7) is 1.53. The molecule has 1 aromatic rings. The second-order valence-electron chi connectivity index (χ2n) is 3.00. The van der Waals surface area contributed by atoms with Crippen molar-refractivity contribution in [2.75, 3.05) is 6.61 Å². The molecule has 1 heterocycles. The Morgan fingerprint density at radius 2 is 2.28 bits per heavy atom. The number of nitro groups is 1. The van der Waals surface area contributed by atoms with E-state index in [1.54, 1.807) is 22.6 Å². The highest BCUT2D eigenvalue weighted by molar-refractivity contribution is 14.1. The van der Waals surface area contributed by atoms with Gasteiger partial charge in [0.1, 0.15) is 5.56 Å². The second kappa shape index (κ2) is 5.98. The van der Waals surface area contributed by atoms with Crippen LogP contribution in [-0.4, -0.2) is 22.5 Å². The van der Waals surface area contributed by atoms with Crippen LogP contribution in [0.1, 0.15) is 29.4 Å². The van der Waals surface area contributed by atoms with Crippen LogP contribution < -0.4 is 0 Å². The molecule has 98 valence electrons. The lowest BCUT2D eigenvalue weighted by atomic mass is 10.2. The minimum Gasteiger partial charge on any atom is -0.462 e. The van der Waals surface area contributed by atoms with Crippen molar-refractivity contribution in [3.8, 4) is 0 Å². The number of nitrogens with zero attached hydrogens (tertiary/aromatic N) is 2. The summed E-state index contributed by atoms with van der Waals surface area (Å²) in [7, 11) is 0. The SMILES string of the molecule is CCOC(=O)c1c(I)cc([N+](=O)[O-])nc1C(F)F. The Morgan fingerprint density at radius 1 is 1.67 bits per heavy atom. The van der Waals surface area contributed by atoms with Crippen molar-refractivity contribution in [1.82, 2.24) is 4.98 Å². The van der Waals surface area contributed by atoms with Gasteiger partial charge in [-0.15, -0.1) is 0 Å². The van der Waals surface area contributed by atoms with E-state index < -0.39 is 34.4 Å². The maximum atomic E-state index is 12.8. The largest absolute Gasteiger partial charge is 0.462 e. The molecule has 0 radical (unpaired) electrons. The first-order valence-corrected chi connectivity index (χ1v) is 5.76. The molecule has 9 heteroatoms. The molecule has 0 spiro atoms. The van der Waals surface area contributed by atoms with Gasteiger partial charge in [0.05, 0.1) is 12.7 Å². The Hall–Kier alpha value is -1.39. The topological polar surface area (TPSA) is 82.3 Å². The predicted molar refractivity (Wildman–Crippen MR) is 64.5 cm³/mol. The van der Waals surface area contributed by atoms with Gasteiger partial charge in [-0.3, -0.25) is 0 Å². The third-order valence-corrected chi connectivity index (χ3v) is 2.71. The van der Waals surface area contributed by atoms with Gasteiger partial charge in [0, 0.05) is 3.57 Å². The van der Waals surface area contributed by atoms with Gasteiger partial charge >= 0.3 is 18.2 Å². The molecule has 0 saturated carbocycles. The zero-order valence-corrected chi connectivity index (χ0v) is 11.2. The van der Waals surface area contributed by atoms with Crippen molar-refractivity contribution in [2.45, 2.75) is 13.3 Å². The first-order valence-electron chi connectivity index (χ1n) is 4.68. The standard InChI is InChI=1S/C9H7F2IN2O4/c1-2-18-9(15)6-4(12)3-5(14(16)17)13-7(6)8(10)11/h3,8H,2H2,1H3. The number of ether oxygens (including phenoxy) is 1. The predicted octanol–water partition coefficient (Wildman–Crippen LogP) is 2.71. The summed E-state index contributed by atoms with van der Waals surface area (Å²) in [5, 5.41) is 10.5. The molecule has 0 aromatic carbocycles. The maximum Gasteiger partial charge on any atom is 0.365 e. The van der Waals surface area contributed by atoms with Crippen molar-refractivity contribution < 1.29 is 23.2 Å². The van der Waals surface area contributed by atoms with Gasteiger partial charge in [-0.05, 0) is 39.4 Å². The summed E-state index contributed by atoms with van der Waals surface area (Å²) < 4.78 is 30.1. The smallest absolute Gasteiger partial charge is 0.365 e. The lowest BCUT2D eigenvalue weighted by Gasteiger charge is -2.06. The average Bonchev–Trinajstić information content (AvgIpc) is 2.27. The first-order chi connectivity index (χ1) is 8.38. The normalized spacial score (nSPS) is 10.5. The highest BCUT2D eigenvalue weighted by Gasteiger charge is 2.31. The van der Waals surface area contributed by atoms with Gasteiger partial charge in [-0.2, -0.15) is 0 Å². The summed E-state index contributed by atoms with van der Waals surface area (Å²) in [5.41, 5.74) is -1.37. The summed E-state index contributed by atoms with van der Waals surface area (Å²) in [4.78, 5) is 24.3. The molecule has 1 aromatic heterocycles. The van der Waals surface area contributed by atoms with Crippen LogP contribution in [0.5, 0.6) is 0 Å². The highest BCUT2D eigenvalue weighted by atomic mass is 127. The molecule has 0 aliphatic rings. The molecule has 0 unspecified atom stereocenters. The molecule has 0 fully saturated rings. The minimum atomic E-state index is -3.10. The quantitative estimate of drug-likeness (QED) is 0.351. The number of carbonyl (C=O) groups excluding carboxylic acids is 1. The first kappa shape index (κ1) is 14.7. The summed E-state index contributed by atoms with van der Waals surface area (Å²) in [6, 6.07) is 0.943. The summed E-state index contributed by atoms with van der Waals surface area (Å²) in [5.74, 6) is -1.71. The summed E-state index contributed by atoms with van der Waals surface area (Å²) >= 11 is 1.55. The van der Waals surface area contributed by atoms with Crippen LogP contribution >= 0.6 is 22.6 Å². The number of carbonyl (C=O) groups is 1. The van der Waals surface area contributed by atoms with E-state index in [1.807, 2.05) is 0 Å². The Kier molecular flexibility index (Phi) is 4.87. The fraction of sp³-hybridized carbons (Fsp3) is 0.333. The third-order valence-electron chi connectivity index (χ3n) is 1.86. The van der Waals surface area contributed by atoms with Crippen molar-refractivity contribution in [1.29, 1.82) is 0 Å². The van der Waals surface area contributed by atoms with Crippen molar-refractivity contribution in [3.05, 3.63) is 31.0 Å². The van der Waals surface area contributed by atoms with Gasteiger partial charge in [0.25, 0.3) is 0 Å². The van der Waals surface area contributed by atoms with Crippen LogP contribution in [-0.2, 0) is 4.74 Å². The van der Waals surface area contributed by atoms with E-state index in [0.29, 0.717) is 0 Å². The third kappa shape index (κ3) is 3.09. The minimum absolute atomic E-state index is 0.00282. The second-order valence-corrected chi connectivity index (χ2v) is 4.16. The van der Waals surface area contributed by atoms with E-state index in [0.717, 1.165) is 6.07 Å². The molecule has 0 aliphatic carbocycles. The average molecular weight is 372 g/mol. The molecule has 18 heavy (non-hydrogen) atoms. The van der Waals surface area contributed by atoms with Crippen LogP contribution in [0.4, 0.5) is 14.6 Å². The van der Waals surface area contributed by atoms with Crippen molar-refractivity contribution >= 4 is 34.4 Å². The van der Waals surface area contributed by atoms with E-state index in [-0.39, 0.29) is 10.2 Å². The molecule has 6 nitrogen and oxygen atoms in total. The Labute approximate surface area is 114 Å². The van der Waals surface area contributed by atoms with Crippen molar-refractivity contribution in [2.24, 2.45) is 0 Å². The van der Waals surface area contributed by atoms with Gasteiger partial charge in [0.15, 0.2) is 0 Å². The number of rotatable bonds is 4. The fourth-order valence-electron chi connectivity index (χ4n) is 1.18. The van der Waals surface area contributed by atoms with Crippen LogP contribution in [0.15, 0.2) is 6.07 Å². The van der Waals surface area contributed by atoms with Crippen LogP contribution in [0.2, 0.25) is 0 Å². The molecule has 1 rings (SSSR count). The molecule has 0 atom stereocenters. The van der Waals surface area contributed by atoms with Crippen LogP contribution in [0, 0.1) is 13.7 Å². The van der Waals surface area contributed by atoms with E-state index >= 15 is 0 Å². The lowest BCUT2D eigenvalue weighted by molar-refractivity contribution is -0.389. The number of halogens is 3. The zero-order chi connectivity index (χ0) is 13.9. The Bertz CT molecular complexity index is 496. The number of hydrogen-bond donors (Lipinski definition) is 0. The fourth-order valence-corrected chi connectivity index (χ4v) is 1.95. The van der Waals surface area contributed by atoms with E-state index in [9.17, 15) is 23.7 Å². The molecule has 0 bridgehead atoms. The van der Waals surface area contributed by atoms with Gasteiger partial charge in [-0.1, -0.05) is 0 Å². The Balaban J connectivity index is 3.41. The number of alkyl halides is 2. The molecule has 0 N–H and O–H groups in total. The number of hydrogen-bond acceptors (Lipinski definition) is 5. The van der Waals surface area contributed by atoms with Gasteiger partial charge in [-0.25, -0.2) is 13.6 Å². The molecule has 0 aliphatic heterocycles.